The number of rotatable bonds is 7. The maximum Gasteiger partial charge on any atom is 0.237 e. The zero-order valence-electron chi connectivity index (χ0n) is 14.4. The van der Waals surface area contributed by atoms with E-state index < -0.39 is 5.60 Å². The van der Waals surface area contributed by atoms with Gasteiger partial charge in [-0.05, 0) is 33.6 Å². The van der Waals surface area contributed by atoms with Crippen molar-refractivity contribution in [1.29, 1.82) is 0 Å². The molecule has 1 aliphatic heterocycles. The third-order valence-corrected chi connectivity index (χ3v) is 4.28. The SMILES string of the molecule is CCC(CC)NC(=O)C(C)N1CCN(CC(C)(C)O)CC1. The number of aliphatic hydroxyl groups is 1. The number of nitrogens with one attached hydrogen (secondary N) is 1. The van der Waals surface area contributed by atoms with Crippen LogP contribution in [0.4, 0.5) is 0 Å². The number of hydrogen-bond donors (Lipinski definition) is 2. The lowest BCUT2D eigenvalue weighted by Crippen LogP contribution is -2.56. The quantitative estimate of drug-likeness (QED) is 0.738. The van der Waals surface area contributed by atoms with Gasteiger partial charge in [-0.2, -0.15) is 0 Å². The maximum atomic E-state index is 12.3. The molecule has 1 atom stereocenters. The lowest BCUT2D eigenvalue weighted by atomic mass is 10.1. The monoisotopic (exact) mass is 299 g/mol. The van der Waals surface area contributed by atoms with Crippen LogP contribution >= 0.6 is 0 Å². The minimum Gasteiger partial charge on any atom is -0.389 e. The molecule has 1 aliphatic rings. The number of hydrogen-bond acceptors (Lipinski definition) is 4. The van der Waals surface area contributed by atoms with Gasteiger partial charge >= 0.3 is 0 Å². The Hall–Kier alpha value is -0.650. The summed E-state index contributed by atoms with van der Waals surface area (Å²) in [7, 11) is 0. The third kappa shape index (κ3) is 6.32. The summed E-state index contributed by atoms with van der Waals surface area (Å²) < 4.78 is 0. The summed E-state index contributed by atoms with van der Waals surface area (Å²) >= 11 is 0. The van der Waals surface area contributed by atoms with Crippen molar-refractivity contribution < 1.29 is 9.90 Å². The highest BCUT2D eigenvalue weighted by atomic mass is 16.3. The summed E-state index contributed by atoms with van der Waals surface area (Å²) in [5.41, 5.74) is -0.652. The van der Waals surface area contributed by atoms with E-state index in [1.54, 1.807) is 0 Å². The second-order valence-electron chi connectivity index (χ2n) is 6.82. The van der Waals surface area contributed by atoms with Crippen molar-refractivity contribution in [2.75, 3.05) is 32.7 Å². The molecule has 0 aromatic carbocycles. The molecule has 0 bridgehead atoms. The Morgan fingerprint density at radius 2 is 1.71 bits per heavy atom. The zero-order valence-corrected chi connectivity index (χ0v) is 14.4. The van der Waals surface area contributed by atoms with Crippen molar-refractivity contribution in [3.8, 4) is 0 Å². The number of amides is 1. The van der Waals surface area contributed by atoms with Crippen LogP contribution in [0.5, 0.6) is 0 Å². The molecule has 1 unspecified atom stereocenters. The van der Waals surface area contributed by atoms with Gasteiger partial charge in [0.05, 0.1) is 11.6 Å². The van der Waals surface area contributed by atoms with Gasteiger partial charge in [-0.3, -0.25) is 14.6 Å². The summed E-state index contributed by atoms with van der Waals surface area (Å²) in [6.07, 6.45) is 1.96. The normalized spacial score (nSPS) is 19.8. The number of nitrogens with zero attached hydrogens (tertiary/aromatic N) is 2. The largest absolute Gasteiger partial charge is 0.389 e. The maximum absolute atomic E-state index is 12.3. The van der Waals surface area contributed by atoms with Crippen LogP contribution in [0.25, 0.3) is 0 Å². The van der Waals surface area contributed by atoms with Gasteiger partial charge in [0.1, 0.15) is 0 Å². The van der Waals surface area contributed by atoms with Crippen molar-refractivity contribution in [1.82, 2.24) is 15.1 Å². The minimum absolute atomic E-state index is 0.0742. The van der Waals surface area contributed by atoms with Crippen molar-refractivity contribution in [3.63, 3.8) is 0 Å². The van der Waals surface area contributed by atoms with E-state index in [2.05, 4.69) is 29.0 Å². The standard InChI is InChI=1S/C16H33N3O2/c1-6-14(7-2)17-15(20)13(3)19-10-8-18(9-11-19)12-16(4,5)21/h13-14,21H,6-12H2,1-5H3,(H,17,20). The third-order valence-electron chi connectivity index (χ3n) is 4.28. The van der Waals surface area contributed by atoms with Crippen LogP contribution < -0.4 is 5.32 Å². The van der Waals surface area contributed by atoms with Crippen LogP contribution in [0, 0.1) is 0 Å². The Morgan fingerprint density at radius 3 is 2.14 bits per heavy atom. The van der Waals surface area contributed by atoms with E-state index in [1.165, 1.54) is 0 Å². The molecule has 1 amide bonds. The topological polar surface area (TPSA) is 55.8 Å². The summed E-state index contributed by atoms with van der Waals surface area (Å²) in [5.74, 6) is 0.139. The van der Waals surface area contributed by atoms with Crippen LogP contribution in [-0.2, 0) is 4.79 Å². The molecule has 0 aromatic rings. The molecule has 0 aromatic heterocycles. The molecule has 0 spiro atoms. The van der Waals surface area contributed by atoms with E-state index in [0.29, 0.717) is 6.54 Å². The molecule has 124 valence electrons. The number of β-amino-alcohol motifs (C(OH)–C–C–N with tert-alkyl or cyclic N) is 1. The Labute approximate surface area is 129 Å². The van der Waals surface area contributed by atoms with Gasteiger partial charge < -0.3 is 10.4 Å². The van der Waals surface area contributed by atoms with Gasteiger partial charge in [0.2, 0.25) is 5.91 Å². The fourth-order valence-corrected chi connectivity index (χ4v) is 2.84. The Bertz CT molecular complexity index is 316. The average Bonchev–Trinajstić information content (AvgIpc) is 2.42. The second-order valence-corrected chi connectivity index (χ2v) is 6.82. The second kappa shape index (κ2) is 8.11. The van der Waals surface area contributed by atoms with Crippen LogP contribution in [0.15, 0.2) is 0 Å². The van der Waals surface area contributed by atoms with Crippen molar-refractivity contribution in [2.45, 2.75) is 65.1 Å². The van der Waals surface area contributed by atoms with Crippen LogP contribution in [-0.4, -0.2) is 71.2 Å². The highest BCUT2D eigenvalue weighted by molar-refractivity contribution is 5.81. The van der Waals surface area contributed by atoms with E-state index in [-0.39, 0.29) is 18.0 Å². The van der Waals surface area contributed by atoms with Crippen LogP contribution in [0.2, 0.25) is 0 Å². The lowest BCUT2D eigenvalue weighted by molar-refractivity contribution is -0.127. The first-order valence-corrected chi connectivity index (χ1v) is 8.26. The molecular formula is C16H33N3O2. The van der Waals surface area contributed by atoms with Crippen molar-refractivity contribution >= 4 is 5.91 Å². The molecule has 1 fully saturated rings. The van der Waals surface area contributed by atoms with Gasteiger partial charge in [-0.25, -0.2) is 0 Å². The van der Waals surface area contributed by atoms with Gasteiger partial charge in [0.15, 0.2) is 0 Å². The summed E-state index contributed by atoms with van der Waals surface area (Å²) in [6.45, 7) is 14.2. The molecule has 1 heterocycles. The molecule has 5 heteroatoms. The highest BCUT2D eigenvalue weighted by Crippen LogP contribution is 2.11. The first kappa shape index (κ1) is 18.4. The Balaban J connectivity index is 2.41. The molecule has 5 nitrogen and oxygen atoms in total. The van der Waals surface area contributed by atoms with Crippen LogP contribution in [0.3, 0.4) is 0 Å². The minimum atomic E-state index is -0.652. The number of piperazine rings is 1. The molecular weight excluding hydrogens is 266 g/mol. The lowest BCUT2D eigenvalue weighted by Gasteiger charge is -2.39. The summed E-state index contributed by atoms with van der Waals surface area (Å²) in [4.78, 5) is 16.8. The van der Waals surface area contributed by atoms with E-state index >= 15 is 0 Å². The number of carbonyl (C=O) groups excluding carboxylic acids is 1. The summed E-state index contributed by atoms with van der Waals surface area (Å²) in [6, 6.07) is 0.214. The smallest absolute Gasteiger partial charge is 0.237 e. The first-order valence-electron chi connectivity index (χ1n) is 8.26. The fraction of sp³-hybridized carbons (Fsp3) is 0.938. The molecule has 2 N–H and O–H groups in total. The highest BCUT2D eigenvalue weighted by Gasteiger charge is 2.28. The fourth-order valence-electron chi connectivity index (χ4n) is 2.84. The summed E-state index contributed by atoms with van der Waals surface area (Å²) in [5, 5.41) is 13.0. The number of carbonyl (C=O) groups is 1. The predicted octanol–water partition coefficient (Wildman–Crippen LogP) is 1.07. The first-order chi connectivity index (χ1) is 9.76. The molecule has 21 heavy (non-hydrogen) atoms. The molecule has 0 saturated carbocycles. The Morgan fingerprint density at radius 1 is 1.19 bits per heavy atom. The van der Waals surface area contributed by atoms with Gasteiger partial charge in [-0.15, -0.1) is 0 Å². The zero-order chi connectivity index (χ0) is 16.0. The molecule has 1 rings (SSSR count). The van der Waals surface area contributed by atoms with Gasteiger partial charge in [0, 0.05) is 38.8 Å². The van der Waals surface area contributed by atoms with Gasteiger partial charge in [-0.1, -0.05) is 13.8 Å². The van der Waals surface area contributed by atoms with Crippen molar-refractivity contribution in [3.05, 3.63) is 0 Å². The van der Waals surface area contributed by atoms with Crippen LogP contribution in [0.1, 0.15) is 47.5 Å². The molecule has 1 saturated heterocycles. The molecule has 0 aliphatic carbocycles. The van der Waals surface area contributed by atoms with E-state index in [9.17, 15) is 9.90 Å². The average molecular weight is 299 g/mol. The van der Waals surface area contributed by atoms with E-state index in [1.807, 2.05) is 20.8 Å². The van der Waals surface area contributed by atoms with Gasteiger partial charge in [0.25, 0.3) is 0 Å². The molecule has 0 radical (unpaired) electrons. The predicted molar refractivity (Wildman–Crippen MR) is 86.3 cm³/mol. The van der Waals surface area contributed by atoms with E-state index in [0.717, 1.165) is 39.0 Å². The van der Waals surface area contributed by atoms with E-state index in [4.69, 9.17) is 0 Å². The van der Waals surface area contributed by atoms with Crippen molar-refractivity contribution in [2.24, 2.45) is 0 Å². The Kier molecular flexibility index (Phi) is 7.10.